The zero-order valence-corrected chi connectivity index (χ0v) is 18.1. The van der Waals surface area contributed by atoms with Gasteiger partial charge in [0.15, 0.2) is 11.1 Å². The number of aromatic nitrogens is 2. The molecule has 4 heteroatoms. The maximum absolute atomic E-state index is 6.55. The van der Waals surface area contributed by atoms with Crippen molar-refractivity contribution in [2.45, 2.75) is 13.8 Å². The molecule has 0 spiro atoms. The van der Waals surface area contributed by atoms with Gasteiger partial charge in [0.1, 0.15) is 22.4 Å². The van der Waals surface area contributed by atoms with Crippen molar-refractivity contribution in [3.63, 3.8) is 0 Å². The highest BCUT2D eigenvalue weighted by atomic mass is 16.3. The van der Waals surface area contributed by atoms with Crippen molar-refractivity contribution < 1.29 is 13.4 Å². The highest BCUT2D eigenvalue weighted by Gasteiger charge is 2.27. The third-order valence-corrected chi connectivity index (χ3v) is 6.84. The summed E-state index contributed by atoms with van der Waals surface area (Å²) in [5.74, 6) is 1.15. The summed E-state index contributed by atoms with van der Waals surface area (Å²) in [5.41, 5.74) is 8.13. The molecule has 4 nitrogen and oxygen atoms in total. The van der Waals surface area contributed by atoms with E-state index < -0.39 is 0 Å². The van der Waals surface area contributed by atoms with Crippen LogP contribution in [0.3, 0.4) is 0 Å². The van der Waals surface area contributed by atoms with E-state index in [-0.39, 0.29) is 0 Å². The molecule has 0 aliphatic heterocycles. The number of hydrogen-bond donors (Lipinski definition) is 0. The fourth-order valence-electron chi connectivity index (χ4n) is 5.12. The van der Waals surface area contributed by atoms with E-state index in [0.29, 0.717) is 0 Å². The summed E-state index contributed by atoms with van der Waals surface area (Å²) in [6, 6.07) is 25.3. The number of benzene rings is 4. The number of para-hydroxylation sites is 2. The van der Waals surface area contributed by atoms with Gasteiger partial charge in [-0.15, -0.1) is 0 Å². The molecule has 7 aromatic rings. The summed E-state index contributed by atoms with van der Waals surface area (Å²) in [5, 5.41) is 4.48. The first-order chi connectivity index (χ1) is 15.6. The van der Waals surface area contributed by atoms with Gasteiger partial charge in [-0.05, 0) is 42.8 Å². The molecule has 0 radical (unpaired) electrons. The number of nitrogens with zero attached hydrogens (tertiary/aromatic N) is 2. The number of aryl methyl sites for hydroxylation is 2. The summed E-state index contributed by atoms with van der Waals surface area (Å²) >= 11 is 0. The number of fused-ring (bicyclic) bond motifs is 8. The van der Waals surface area contributed by atoms with Crippen LogP contribution in [0.15, 0.2) is 81.6 Å². The molecule has 0 N–H and O–H groups in total. The Labute approximate surface area is 183 Å². The Morgan fingerprint density at radius 1 is 0.688 bits per heavy atom. The quantitative estimate of drug-likeness (QED) is 0.273. The lowest BCUT2D eigenvalue weighted by molar-refractivity contribution is -0.652. The van der Waals surface area contributed by atoms with Crippen LogP contribution >= 0.6 is 0 Å². The molecule has 0 saturated heterocycles. The lowest BCUT2D eigenvalue weighted by Gasteiger charge is -2.03. The molecule has 154 valence electrons. The van der Waals surface area contributed by atoms with E-state index in [4.69, 9.17) is 8.83 Å². The summed E-state index contributed by atoms with van der Waals surface area (Å²) in [7, 11) is 2.11. The van der Waals surface area contributed by atoms with Crippen LogP contribution in [0.1, 0.15) is 11.4 Å². The fraction of sp³-hybridized carbons (Fsp3) is 0.107. The average molecular weight is 417 g/mol. The molecule has 32 heavy (non-hydrogen) atoms. The van der Waals surface area contributed by atoms with Crippen molar-refractivity contribution >= 4 is 54.9 Å². The summed E-state index contributed by atoms with van der Waals surface area (Å²) in [6.07, 6.45) is 0. The first kappa shape index (κ1) is 17.6. The molecule has 3 heterocycles. The monoisotopic (exact) mass is 417 g/mol. The van der Waals surface area contributed by atoms with E-state index in [2.05, 4.69) is 84.6 Å². The van der Waals surface area contributed by atoms with Crippen molar-refractivity contribution in [2.24, 2.45) is 7.05 Å². The van der Waals surface area contributed by atoms with Crippen molar-refractivity contribution in [2.75, 3.05) is 0 Å². The van der Waals surface area contributed by atoms with Crippen LogP contribution in [-0.2, 0) is 7.05 Å². The average Bonchev–Trinajstić information content (AvgIpc) is 3.43. The summed E-state index contributed by atoms with van der Waals surface area (Å²) in [4.78, 5) is 0. The first-order valence-electron chi connectivity index (χ1n) is 10.9. The number of hydrogen-bond acceptors (Lipinski definition) is 2. The Kier molecular flexibility index (Phi) is 3.31. The van der Waals surface area contributed by atoms with Gasteiger partial charge in [0.05, 0.1) is 7.05 Å². The van der Waals surface area contributed by atoms with Crippen LogP contribution < -0.4 is 4.57 Å². The smallest absolute Gasteiger partial charge is 0.259 e. The van der Waals surface area contributed by atoms with Crippen LogP contribution in [0.5, 0.6) is 0 Å². The molecular formula is C28H21N2O2+. The van der Waals surface area contributed by atoms with Crippen LogP contribution in [0.25, 0.3) is 60.6 Å². The van der Waals surface area contributed by atoms with E-state index in [0.717, 1.165) is 60.7 Å². The fourth-order valence-corrected chi connectivity index (χ4v) is 5.12. The van der Waals surface area contributed by atoms with E-state index in [1.54, 1.807) is 0 Å². The van der Waals surface area contributed by atoms with Crippen LogP contribution in [-0.4, -0.2) is 4.57 Å². The van der Waals surface area contributed by atoms with Gasteiger partial charge in [-0.2, -0.15) is 4.57 Å². The molecule has 0 saturated carbocycles. The molecule has 0 atom stereocenters. The highest BCUT2D eigenvalue weighted by molar-refractivity contribution is 6.18. The lowest BCUT2D eigenvalue weighted by atomic mass is 10.1. The Morgan fingerprint density at radius 3 is 2.31 bits per heavy atom. The molecule has 0 amide bonds. The second-order valence-electron chi connectivity index (χ2n) is 8.58. The van der Waals surface area contributed by atoms with Crippen molar-refractivity contribution in [3.8, 4) is 5.69 Å². The molecule has 7 rings (SSSR count). The van der Waals surface area contributed by atoms with E-state index in [1.807, 2.05) is 18.2 Å². The lowest BCUT2D eigenvalue weighted by Crippen LogP contribution is -2.30. The molecule has 0 fully saturated rings. The third kappa shape index (κ3) is 2.14. The second-order valence-corrected chi connectivity index (χ2v) is 8.58. The van der Waals surface area contributed by atoms with Gasteiger partial charge in [-0.25, -0.2) is 4.57 Å². The Bertz CT molecular complexity index is 1860. The number of imidazole rings is 1. The Morgan fingerprint density at radius 2 is 1.44 bits per heavy atom. The standard InChI is InChI=1S/C28H21N2O2/c1-16-8-4-6-10-22(16)30-17(2)29(3)23-13-12-19-21-14-20-18-9-5-7-11-24(18)31-25(20)15-26(21)32-28(19)27(23)30/h4-15H,1-3H3/q+1. The molecule has 0 aliphatic rings. The van der Waals surface area contributed by atoms with Crippen LogP contribution in [0, 0.1) is 13.8 Å². The van der Waals surface area contributed by atoms with Gasteiger partial charge >= 0.3 is 0 Å². The summed E-state index contributed by atoms with van der Waals surface area (Å²) in [6.45, 7) is 4.30. The van der Waals surface area contributed by atoms with Gasteiger partial charge in [0.2, 0.25) is 5.52 Å². The van der Waals surface area contributed by atoms with Crippen molar-refractivity contribution in [3.05, 3.63) is 84.2 Å². The largest absolute Gasteiger partial charge is 0.456 e. The summed E-state index contributed by atoms with van der Waals surface area (Å²) < 4.78 is 17.2. The molecule has 4 aromatic carbocycles. The molecule has 3 aromatic heterocycles. The van der Waals surface area contributed by atoms with Crippen LogP contribution in [0.2, 0.25) is 0 Å². The number of furan rings is 2. The van der Waals surface area contributed by atoms with Crippen molar-refractivity contribution in [1.82, 2.24) is 4.57 Å². The normalized spacial score (nSPS) is 12.2. The maximum Gasteiger partial charge on any atom is 0.259 e. The SMILES string of the molecule is Cc1ccccc1-n1c(C)[n+](C)c2ccc3c4cc5c(cc4oc3c21)oc1ccccc15. The van der Waals surface area contributed by atoms with Crippen molar-refractivity contribution in [1.29, 1.82) is 0 Å². The van der Waals surface area contributed by atoms with E-state index >= 15 is 0 Å². The topological polar surface area (TPSA) is 35.1 Å². The van der Waals surface area contributed by atoms with Gasteiger partial charge < -0.3 is 8.83 Å². The minimum Gasteiger partial charge on any atom is -0.456 e. The number of rotatable bonds is 1. The van der Waals surface area contributed by atoms with Gasteiger partial charge in [-0.1, -0.05) is 36.4 Å². The van der Waals surface area contributed by atoms with Crippen LogP contribution in [0.4, 0.5) is 0 Å². The maximum atomic E-state index is 6.55. The van der Waals surface area contributed by atoms with Gasteiger partial charge in [-0.3, -0.25) is 0 Å². The Balaban J connectivity index is 1.65. The van der Waals surface area contributed by atoms with E-state index in [1.165, 1.54) is 11.3 Å². The molecular weight excluding hydrogens is 396 g/mol. The highest BCUT2D eigenvalue weighted by Crippen LogP contribution is 2.39. The first-order valence-corrected chi connectivity index (χ1v) is 10.9. The minimum absolute atomic E-state index is 0.844. The minimum atomic E-state index is 0.844. The van der Waals surface area contributed by atoms with E-state index in [9.17, 15) is 0 Å². The zero-order valence-electron chi connectivity index (χ0n) is 18.1. The predicted octanol–water partition coefficient (Wildman–Crippen LogP) is 6.87. The van der Waals surface area contributed by atoms with Gasteiger partial charge in [0.25, 0.3) is 5.82 Å². The second kappa shape index (κ2) is 6.01. The molecule has 0 aliphatic carbocycles. The third-order valence-electron chi connectivity index (χ3n) is 6.84. The molecule has 0 unspecified atom stereocenters. The predicted molar refractivity (Wildman–Crippen MR) is 128 cm³/mol. The van der Waals surface area contributed by atoms with Gasteiger partial charge in [0, 0.05) is 34.5 Å². The molecule has 0 bridgehead atoms. The zero-order chi connectivity index (χ0) is 21.6. The Hall–Kier alpha value is -4.05.